The molecule has 2 radical (unpaired) electrons. The summed E-state index contributed by atoms with van der Waals surface area (Å²) in [6.07, 6.45) is 0.885. The summed E-state index contributed by atoms with van der Waals surface area (Å²) in [6.45, 7) is 2.02. The molecular formula is C8H11BN2. The van der Waals surface area contributed by atoms with Crippen LogP contribution < -0.4 is 11.3 Å². The highest BCUT2D eigenvalue weighted by Gasteiger charge is 2.02. The zero-order valence-electron chi connectivity index (χ0n) is 6.62. The summed E-state index contributed by atoms with van der Waals surface area (Å²) in [7, 11) is 5.48. The third-order valence-corrected chi connectivity index (χ3v) is 1.61. The van der Waals surface area contributed by atoms with E-state index in [1.807, 2.05) is 19.1 Å². The van der Waals surface area contributed by atoms with Crippen LogP contribution in [0.3, 0.4) is 0 Å². The third kappa shape index (κ3) is 2.05. The molecule has 2 nitrogen and oxygen atoms in total. The van der Waals surface area contributed by atoms with Gasteiger partial charge in [-0.3, -0.25) is 4.98 Å². The Bertz CT molecular complexity index is 237. The van der Waals surface area contributed by atoms with Gasteiger partial charge in [-0.05, 0) is 18.1 Å². The van der Waals surface area contributed by atoms with Crippen molar-refractivity contribution in [2.75, 3.05) is 0 Å². The molecule has 1 heterocycles. The number of aromatic nitrogens is 1. The Hall–Kier alpha value is -0.825. The highest BCUT2D eigenvalue weighted by molar-refractivity contribution is 6.30. The average Bonchev–Trinajstić information content (AvgIpc) is 2.03. The Morgan fingerprint density at radius 2 is 2.36 bits per heavy atom. The Labute approximate surface area is 68.2 Å². The summed E-state index contributed by atoms with van der Waals surface area (Å²) in [4.78, 5) is 4.10. The lowest BCUT2D eigenvalue weighted by atomic mass is 10.0. The van der Waals surface area contributed by atoms with Gasteiger partial charge in [0.2, 0.25) is 0 Å². The van der Waals surface area contributed by atoms with Crippen molar-refractivity contribution in [2.45, 2.75) is 19.4 Å². The molecule has 0 fully saturated rings. The Kier molecular flexibility index (Phi) is 2.66. The zero-order chi connectivity index (χ0) is 8.27. The van der Waals surface area contributed by atoms with Gasteiger partial charge in [0.05, 0.1) is 5.69 Å². The van der Waals surface area contributed by atoms with Crippen LogP contribution in [0.25, 0.3) is 0 Å². The van der Waals surface area contributed by atoms with Crippen molar-refractivity contribution in [2.24, 2.45) is 5.73 Å². The molecule has 11 heavy (non-hydrogen) atoms. The summed E-state index contributed by atoms with van der Waals surface area (Å²) in [5, 5.41) is 0. The van der Waals surface area contributed by atoms with E-state index >= 15 is 0 Å². The van der Waals surface area contributed by atoms with Crippen molar-refractivity contribution in [3.05, 3.63) is 23.9 Å². The molecule has 3 heteroatoms. The molecule has 0 spiro atoms. The molecule has 0 saturated carbocycles. The smallest absolute Gasteiger partial charge is 0.141 e. The van der Waals surface area contributed by atoms with Crippen molar-refractivity contribution in [3.63, 3.8) is 0 Å². The number of hydrogen-bond donors (Lipinski definition) is 1. The minimum absolute atomic E-state index is 0.0125. The molecule has 2 N–H and O–H groups in total. The van der Waals surface area contributed by atoms with Gasteiger partial charge < -0.3 is 5.73 Å². The van der Waals surface area contributed by atoms with E-state index in [4.69, 9.17) is 13.6 Å². The first-order valence-corrected chi connectivity index (χ1v) is 3.72. The molecule has 1 aromatic heterocycles. The molecule has 0 aromatic carbocycles. The number of nitrogens with two attached hydrogens (primary N) is 1. The van der Waals surface area contributed by atoms with E-state index in [0.717, 1.165) is 12.1 Å². The van der Waals surface area contributed by atoms with E-state index < -0.39 is 0 Å². The van der Waals surface area contributed by atoms with Gasteiger partial charge in [0.15, 0.2) is 0 Å². The molecule has 0 aliphatic carbocycles. The van der Waals surface area contributed by atoms with Crippen LogP contribution in [0.4, 0.5) is 0 Å². The number of nitrogens with zero attached hydrogens (tertiary/aromatic N) is 1. The summed E-state index contributed by atoms with van der Waals surface area (Å²) >= 11 is 0. The lowest BCUT2D eigenvalue weighted by Gasteiger charge is -2.07. The standard InChI is InChI=1S/C8H11BN2/c1-2-6(10)7-4-3-5-8(9)11-7/h3-6H,2,10H2,1H3. The molecule has 56 valence electrons. The van der Waals surface area contributed by atoms with Gasteiger partial charge in [-0.25, -0.2) is 0 Å². The largest absolute Gasteiger partial charge is 0.323 e. The molecular weight excluding hydrogens is 135 g/mol. The lowest BCUT2D eigenvalue weighted by molar-refractivity contribution is 0.678. The van der Waals surface area contributed by atoms with Crippen LogP contribution in [0.5, 0.6) is 0 Å². The molecule has 0 amide bonds. The van der Waals surface area contributed by atoms with Crippen LogP contribution in [-0.2, 0) is 0 Å². The zero-order valence-corrected chi connectivity index (χ0v) is 6.62. The predicted octanol–water partition coefficient (Wildman–Crippen LogP) is 0.285. The van der Waals surface area contributed by atoms with Crippen LogP contribution in [0.2, 0.25) is 0 Å². The van der Waals surface area contributed by atoms with E-state index in [-0.39, 0.29) is 6.04 Å². The average molecular weight is 146 g/mol. The van der Waals surface area contributed by atoms with Crippen molar-refractivity contribution >= 4 is 13.4 Å². The van der Waals surface area contributed by atoms with Gasteiger partial charge in [0, 0.05) is 6.04 Å². The molecule has 0 aliphatic rings. The molecule has 1 rings (SSSR count). The highest BCUT2D eigenvalue weighted by atomic mass is 14.8. The Morgan fingerprint density at radius 1 is 1.64 bits per heavy atom. The maximum absolute atomic E-state index is 5.75. The van der Waals surface area contributed by atoms with E-state index in [1.165, 1.54) is 0 Å². The minimum atomic E-state index is 0.0125. The van der Waals surface area contributed by atoms with E-state index in [9.17, 15) is 0 Å². The molecule has 1 unspecified atom stereocenters. The summed E-state index contributed by atoms with van der Waals surface area (Å²) in [5.41, 5.74) is 7.15. The van der Waals surface area contributed by atoms with Gasteiger partial charge in [-0.2, -0.15) is 0 Å². The second kappa shape index (κ2) is 3.53. The van der Waals surface area contributed by atoms with Gasteiger partial charge >= 0.3 is 0 Å². The lowest BCUT2D eigenvalue weighted by Crippen LogP contribution is -2.16. The van der Waals surface area contributed by atoms with Gasteiger partial charge in [0.1, 0.15) is 7.85 Å². The van der Waals surface area contributed by atoms with Crippen LogP contribution in [-0.4, -0.2) is 12.8 Å². The van der Waals surface area contributed by atoms with E-state index in [0.29, 0.717) is 5.59 Å². The molecule has 0 aliphatic heterocycles. The molecule has 1 aromatic rings. The Balaban J connectivity index is 2.86. The second-order valence-electron chi connectivity index (χ2n) is 2.50. The fraction of sp³-hybridized carbons (Fsp3) is 0.375. The summed E-state index contributed by atoms with van der Waals surface area (Å²) in [5.74, 6) is 0. The fourth-order valence-corrected chi connectivity index (χ4v) is 0.885. The number of rotatable bonds is 2. The number of hydrogen-bond acceptors (Lipinski definition) is 2. The Morgan fingerprint density at radius 3 is 2.91 bits per heavy atom. The third-order valence-electron chi connectivity index (χ3n) is 1.61. The van der Waals surface area contributed by atoms with Crippen LogP contribution in [0, 0.1) is 0 Å². The van der Waals surface area contributed by atoms with E-state index in [1.54, 1.807) is 6.07 Å². The quantitative estimate of drug-likeness (QED) is 0.608. The van der Waals surface area contributed by atoms with E-state index in [2.05, 4.69) is 4.98 Å². The topological polar surface area (TPSA) is 38.9 Å². The van der Waals surface area contributed by atoms with Gasteiger partial charge in [-0.1, -0.05) is 19.1 Å². The second-order valence-corrected chi connectivity index (χ2v) is 2.50. The maximum atomic E-state index is 5.75. The monoisotopic (exact) mass is 146 g/mol. The van der Waals surface area contributed by atoms with Gasteiger partial charge in [-0.15, -0.1) is 0 Å². The SMILES string of the molecule is [B]c1cccc(C(N)CC)n1. The van der Waals surface area contributed by atoms with Crippen LogP contribution >= 0.6 is 0 Å². The minimum Gasteiger partial charge on any atom is -0.323 e. The molecule has 0 bridgehead atoms. The first-order chi connectivity index (χ1) is 5.24. The maximum Gasteiger partial charge on any atom is 0.141 e. The first-order valence-electron chi connectivity index (χ1n) is 3.72. The fourth-order valence-electron chi connectivity index (χ4n) is 0.885. The first kappa shape index (κ1) is 8.27. The molecule has 0 saturated heterocycles. The highest BCUT2D eigenvalue weighted by Crippen LogP contribution is 2.07. The van der Waals surface area contributed by atoms with Crippen molar-refractivity contribution in [1.82, 2.24) is 4.98 Å². The van der Waals surface area contributed by atoms with Crippen molar-refractivity contribution in [1.29, 1.82) is 0 Å². The normalized spacial score (nSPS) is 12.9. The van der Waals surface area contributed by atoms with Crippen molar-refractivity contribution in [3.8, 4) is 0 Å². The van der Waals surface area contributed by atoms with Crippen molar-refractivity contribution < 1.29 is 0 Å². The van der Waals surface area contributed by atoms with Gasteiger partial charge in [0.25, 0.3) is 0 Å². The summed E-state index contributed by atoms with van der Waals surface area (Å²) in [6, 6.07) is 5.53. The number of pyridine rings is 1. The summed E-state index contributed by atoms with van der Waals surface area (Å²) < 4.78 is 0. The van der Waals surface area contributed by atoms with Crippen LogP contribution in [0.1, 0.15) is 25.1 Å². The molecule has 1 atom stereocenters. The predicted molar refractivity (Wildman–Crippen MR) is 46.8 cm³/mol. The van der Waals surface area contributed by atoms with Crippen LogP contribution in [0.15, 0.2) is 18.2 Å².